The van der Waals surface area contributed by atoms with Crippen LogP contribution in [0.15, 0.2) is 0 Å². The van der Waals surface area contributed by atoms with Gasteiger partial charge in [-0.3, -0.25) is 9.69 Å². The lowest BCUT2D eigenvalue weighted by molar-refractivity contribution is -0.143. The van der Waals surface area contributed by atoms with E-state index in [-0.39, 0.29) is 6.03 Å². The summed E-state index contributed by atoms with van der Waals surface area (Å²) in [5, 5.41) is 12.2. The number of amides is 2. The number of nitrogens with one attached hydrogen (secondary N) is 1. The molecule has 2 unspecified atom stereocenters. The fraction of sp³-hybridized carbons (Fsp3) is 0.882. The maximum atomic E-state index is 12.3. The first-order chi connectivity index (χ1) is 11.1. The fourth-order valence-electron chi connectivity index (χ4n) is 3.63. The molecule has 2 amide bonds. The van der Waals surface area contributed by atoms with Crippen molar-refractivity contribution < 1.29 is 14.7 Å². The maximum absolute atomic E-state index is 12.3. The van der Waals surface area contributed by atoms with Crippen LogP contribution in [0.25, 0.3) is 0 Å². The van der Waals surface area contributed by atoms with Crippen LogP contribution >= 0.6 is 0 Å². The Kier molecular flexibility index (Phi) is 7.15. The summed E-state index contributed by atoms with van der Waals surface area (Å²) in [7, 11) is 0. The number of rotatable bonds is 6. The van der Waals surface area contributed by atoms with Crippen molar-refractivity contribution in [3.8, 4) is 0 Å². The second kappa shape index (κ2) is 9.11. The number of carboxylic acids is 1. The van der Waals surface area contributed by atoms with Gasteiger partial charge in [-0.15, -0.1) is 0 Å². The highest BCUT2D eigenvalue weighted by molar-refractivity contribution is 5.76. The third-order valence-corrected chi connectivity index (χ3v) is 5.09. The van der Waals surface area contributed by atoms with Crippen LogP contribution in [-0.2, 0) is 4.79 Å². The molecule has 2 fully saturated rings. The Bertz CT molecular complexity index is 403. The number of urea groups is 1. The van der Waals surface area contributed by atoms with Gasteiger partial charge in [-0.1, -0.05) is 19.8 Å². The molecule has 2 atom stereocenters. The third kappa shape index (κ3) is 5.37. The largest absolute Gasteiger partial charge is 0.481 e. The van der Waals surface area contributed by atoms with E-state index in [2.05, 4.69) is 17.1 Å². The van der Waals surface area contributed by atoms with Gasteiger partial charge in [0.25, 0.3) is 0 Å². The van der Waals surface area contributed by atoms with Crippen LogP contribution in [-0.4, -0.2) is 65.7 Å². The second-order valence-electron chi connectivity index (χ2n) is 6.85. The molecule has 2 aliphatic rings. The zero-order valence-corrected chi connectivity index (χ0v) is 14.3. The first-order valence-corrected chi connectivity index (χ1v) is 9.11. The lowest BCUT2D eigenvalue weighted by Crippen LogP contribution is -2.51. The molecular weight excluding hydrogens is 294 g/mol. The van der Waals surface area contributed by atoms with Gasteiger partial charge in [0.05, 0.1) is 5.92 Å². The Morgan fingerprint density at radius 2 is 2.00 bits per heavy atom. The molecule has 0 aromatic carbocycles. The topological polar surface area (TPSA) is 72.9 Å². The van der Waals surface area contributed by atoms with E-state index in [9.17, 15) is 9.59 Å². The van der Waals surface area contributed by atoms with Crippen molar-refractivity contribution in [1.82, 2.24) is 15.1 Å². The highest BCUT2D eigenvalue weighted by Crippen LogP contribution is 2.18. The Balaban J connectivity index is 1.79. The summed E-state index contributed by atoms with van der Waals surface area (Å²) in [6, 6.07) is 0.330. The van der Waals surface area contributed by atoms with Crippen molar-refractivity contribution >= 4 is 12.0 Å². The molecule has 6 nitrogen and oxygen atoms in total. The number of nitrogens with zero attached hydrogens (tertiary/aromatic N) is 2. The number of carboxylic acid groups (broad SMARTS) is 1. The Hall–Kier alpha value is -1.30. The molecule has 2 aliphatic heterocycles. The number of hydrogen-bond acceptors (Lipinski definition) is 3. The van der Waals surface area contributed by atoms with Gasteiger partial charge in [0.15, 0.2) is 0 Å². The van der Waals surface area contributed by atoms with Gasteiger partial charge in [0.2, 0.25) is 0 Å². The molecule has 0 bridgehead atoms. The molecule has 2 N–H and O–H groups in total. The van der Waals surface area contributed by atoms with Crippen LogP contribution < -0.4 is 5.32 Å². The van der Waals surface area contributed by atoms with Crippen molar-refractivity contribution in [2.75, 3.05) is 32.7 Å². The summed E-state index contributed by atoms with van der Waals surface area (Å²) in [5.41, 5.74) is 0. The van der Waals surface area contributed by atoms with E-state index >= 15 is 0 Å². The first-order valence-electron chi connectivity index (χ1n) is 9.11. The van der Waals surface area contributed by atoms with Gasteiger partial charge in [-0.2, -0.15) is 0 Å². The predicted molar refractivity (Wildman–Crippen MR) is 89.5 cm³/mol. The van der Waals surface area contributed by atoms with Crippen LogP contribution in [0.5, 0.6) is 0 Å². The van der Waals surface area contributed by atoms with E-state index < -0.39 is 11.9 Å². The SMILES string of the molecule is CCCCN1CCCCC1CNC(=O)N1CCCC(C(=O)O)C1. The van der Waals surface area contributed by atoms with E-state index in [1.165, 1.54) is 25.7 Å². The summed E-state index contributed by atoms with van der Waals surface area (Å²) in [4.78, 5) is 27.6. The summed E-state index contributed by atoms with van der Waals surface area (Å²) < 4.78 is 0. The number of carbonyl (C=O) groups is 2. The molecule has 2 rings (SSSR count). The molecule has 0 aromatic rings. The predicted octanol–water partition coefficient (Wildman–Crippen LogP) is 2.15. The molecule has 0 aromatic heterocycles. The van der Waals surface area contributed by atoms with Gasteiger partial charge in [-0.25, -0.2) is 4.79 Å². The molecule has 6 heteroatoms. The zero-order valence-electron chi connectivity index (χ0n) is 14.3. The highest BCUT2D eigenvalue weighted by atomic mass is 16.4. The van der Waals surface area contributed by atoms with Gasteiger partial charge in [0.1, 0.15) is 0 Å². The number of likely N-dealkylation sites (tertiary alicyclic amines) is 2. The van der Waals surface area contributed by atoms with Crippen molar-refractivity contribution in [3.63, 3.8) is 0 Å². The van der Waals surface area contributed by atoms with Crippen molar-refractivity contribution in [2.45, 2.75) is 57.9 Å². The van der Waals surface area contributed by atoms with Crippen LogP contribution in [0.2, 0.25) is 0 Å². The van der Waals surface area contributed by atoms with Gasteiger partial charge < -0.3 is 15.3 Å². The second-order valence-corrected chi connectivity index (χ2v) is 6.85. The zero-order chi connectivity index (χ0) is 16.7. The maximum Gasteiger partial charge on any atom is 0.317 e. The minimum atomic E-state index is -0.791. The Labute approximate surface area is 139 Å². The Morgan fingerprint density at radius 3 is 2.74 bits per heavy atom. The van der Waals surface area contributed by atoms with E-state index in [0.29, 0.717) is 32.1 Å². The standard InChI is InChI=1S/C17H31N3O3/c1-2-3-9-19-10-5-4-8-15(19)12-18-17(23)20-11-6-7-14(13-20)16(21)22/h14-15H,2-13H2,1H3,(H,18,23)(H,21,22). The van der Waals surface area contributed by atoms with Crippen LogP contribution in [0.1, 0.15) is 51.9 Å². The summed E-state index contributed by atoms with van der Waals surface area (Å²) in [5.74, 6) is -1.20. The number of unbranched alkanes of at least 4 members (excludes halogenated alkanes) is 1. The van der Waals surface area contributed by atoms with Gasteiger partial charge in [0, 0.05) is 25.7 Å². The van der Waals surface area contributed by atoms with Gasteiger partial charge in [-0.05, 0) is 45.2 Å². The van der Waals surface area contributed by atoms with Crippen LogP contribution in [0.3, 0.4) is 0 Å². The molecule has 0 aliphatic carbocycles. The van der Waals surface area contributed by atoms with E-state index in [0.717, 1.165) is 25.9 Å². The van der Waals surface area contributed by atoms with Crippen molar-refractivity contribution in [3.05, 3.63) is 0 Å². The minimum Gasteiger partial charge on any atom is -0.481 e. The summed E-state index contributed by atoms with van der Waals surface area (Å²) in [6.45, 7) is 6.13. The fourth-order valence-corrected chi connectivity index (χ4v) is 3.63. The molecule has 132 valence electrons. The quantitative estimate of drug-likeness (QED) is 0.785. The molecule has 0 radical (unpaired) electrons. The van der Waals surface area contributed by atoms with Crippen LogP contribution in [0.4, 0.5) is 4.79 Å². The Morgan fingerprint density at radius 1 is 1.17 bits per heavy atom. The van der Waals surface area contributed by atoms with E-state index in [4.69, 9.17) is 5.11 Å². The monoisotopic (exact) mass is 325 g/mol. The number of hydrogen-bond donors (Lipinski definition) is 2. The van der Waals surface area contributed by atoms with E-state index in [1.807, 2.05) is 0 Å². The molecule has 0 saturated carbocycles. The van der Waals surface area contributed by atoms with Crippen molar-refractivity contribution in [2.24, 2.45) is 5.92 Å². The van der Waals surface area contributed by atoms with Crippen LogP contribution in [0, 0.1) is 5.92 Å². The molecule has 2 heterocycles. The first kappa shape index (κ1) is 18.0. The molecule has 0 spiro atoms. The molecular formula is C17H31N3O3. The number of aliphatic carboxylic acids is 1. The third-order valence-electron chi connectivity index (χ3n) is 5.09. The lowest BCUT2D eigenvalue weighted by Gasteiger charge is -2.37. The minimum absolute atomic E-state index is 0.100. The van der Waals surface area contributed by atoms with E-state index in [1.54, 1.807) is 4.90 Å². The highest BCUT2D eigenvalue weighted by Gasteiger charge is 2.29. The summed E-state index contributed by atoms with van der Waals surface area (Å²) in [6.07, 6.45) is 7.47. The summed E-state index contributed by atoms with van der Waals surface area (Å²) >= 11 is 0. The van der Waals surface area contributed by atoms with Gasteiger partial charge >= 0.3 is 12.0 Å². The lowest BCUT2D eigenvalue weighted by atomic mass is 9.98. The smallest absolute Gasteiger partial charge is 0.317 e. The average Bonchev–Trinajstić information content (AvgIpc) is 2.58. The molecule has 2 saturated heterocycles. The average molecular weight is 325 g/mol. The van der Waals surface area contributed by atoms with Crippen molar-refractivity contribution in [1.29, 1.82) is 0 Å². The number of piperidine rings is 2. The molecule has 23 heavy (non-hydrogen) atoms. The number of carbonyl (C=O) groups excluding carboxylic acids is 1. The normalized spacial score (nSPS) is 26.0.